The van der Waals surface area contributed by atoms with Gasteiger partial charge in [0.2, 0.25) is 0 Å². The van der Waals surface area contributed by atoms with E-state index in [-0.39, 0.29) is 20.5 Å². The van der Waals surface area contributed by atoms with Crippen LogP contribution in [0.5, 0.6) is 5.75 Å². The highest BCUT2D eigenvalue weighted by Crippen LogP contribution is 2.36. The standard InChI is InChI=1S/C21H22N2O5S3/c1-15-7-10-19(28-2)20(13-15)30(24,25)22-17-9-8-16-5-3-11-23(18(16)14-17)31(26,27)21-6-4-12-29-21/h4,6-10,12-14,22H,3,5,11H2,1-2H3. The molecular formula is C21H22N2O5S3. The van der Waals surface area contributed by atoms with Gasteiger partial charge in [-0.1, -0.05) is 18.2 Å². The summed E-state index contributed by atoms with van der Waals surface area (Å²) in [6.45, 7) is 2.14. The third kappa shape index (κ3) is 4.15. The Morgan fingerprint density at radius 1 is 1.06 bits per heavy atom. The van der Waals surface area contributed by atoms with E-state index in [2.05, 4.69) is 4.72 Å². The second-order valence-corrected chi connectivity index (χ2v) is 11.9. The van der Waals surface area contributed by atoms with E-state index in [1.165, 1.54) is 17.5 Å². The number of benzene rings is 2. The van der Waals surface area contributed by atoms with Crippen LogP contribution >= 0.6 is 11.3 Å². The number of nitrogens with zero attached hydrogens (tertiary/aromatic N) is 1. The summed E-state index contributed by atoms with van der Waals surface area (Å²) in [6, 6.07) is 13.2. The molecule has 1 aromatic heterocycles. The molecule has 7 nitrogen and oxygen atoms in total. The number of fused-ring (bicyclic) bond motifs is 1. The van der Waals surface area contributed by atoms with E-state index in [4.69, 9.17) is 4.74 Å². The number of aryl methyl sites for hydroxylation is 2. The van der Waals surface area contributed by atoms with E-state index in [1.807, 2.05) is 0 Å². The maximum Gasteiger partial charge on any atom is 0.273 e. The van der Waals surface area contributed by atoms with Gasteiger partial charge in [0.15, 0.2) is 0 Å². The molecule has 0 amide bonds. The summed E-state index contributed by atoms with van der Waals surface area (Å²) in [5.41, 5.74) is 2.42. The number of nitrogens with one attached hydrogen (secondary N) is 1. The Morgan fingerprint density at radius 2 is 1.87 bits per heavy atom. The zero-order valence-corrected chi connectivity index (χ0v) is 19.5. The molecule has 4 rings (SSSR count). The lowest BCUT2D eigenvalue weighted by Gasteiger charge is -2.30. The van der Waals surface area contributed by atoms with Crippen LogP contribution in [0, 0.1) is 6.92 Å². The minimum Gasteiger partial charge on any atom is -0.495 e. The van der Waals surface area contributed by atoms with Crippen LogP contribution in [0.25, 0.3) is 0 Å². The molecule has 0 unspecified atom stereocenters. The van der Waals surface area contributed by atoms with Gasteiger partial charge in [-0.3, -0.25) is 9.03 Å². The Labute approximate surface area is 186 Å². The van der Waals surface area contributed by atoms with E-state index in [1.54, 1.807) is 54.8 Å². The van der Waals surface area contributed by atoms with Crippen molar-refractivity contribution in [3.8, 4) is 5.75 Å². The van der Waals surface area contributed by atoms with Crippen LogP contribution in [0.3, 0.4) is 0 Å². The summed E-state index contributed by atoms with van der Waals surface area (Å²) in [6.07, 6.45) is 1.42. The highest BCUT2D eigenvalue weighted by molar-refractivity contribution is 7.94. The van der Waals surface area contributed by atoms with Crippen molar-refractivity contribution in [3.63, 3.8) is 0 Å². The molecule has 0 aliphatic carbocycles. The van der Waals surface area contributed by atoms with Crippen molar-refractivity contribution in [1.82, 2.24) is 0 Å². The maximum atomic E-state index is 13.1. The molecule has 0 radical (unpaired) electrons. The molecule has 10 heteroatoms. The fourth-order valence-electron chi connectivity index (χ4n) is 3.58. The summed E-state index contributed by atoms with van der Waals surface area (Å²) >= 11 is 1.16. The normalized spacial score (nSPS) is 14.2. The minimum absolute atomic E-state index is 0.0239. The van der Waals surface area contributed by atoms with Crippen molar-refractivity contribution in [2.75, 3.05) is 22.7 Å². The molecular weight excluding hydrogens is 456 g/mol. The summed E-state index contributed by atoms with van der Waals surface area (Å²) in [7, 11) is -6.24. The van der Waals surface area contributed by atoms with Gasteiger partial charge in [-0.2, -0.15) is 0 Å². The molecule has 0 bridgehead atoms. The van der Waals surface area contributed by atoms with Crippen molar-refractivity contribution in [3.05, 3.63) is 65.0 Å². The fourth-order valence-corrected chi connectivity index (χ4v) is 7.52. The topological polar surface area (TPSA) is 92.8 Å². The molecule has 0 saturated heterocycles. The third-order valence-corrected chi connectivity index (χ3v) is 9.65. The number of ether oxygens (including phenoxy) is 1. The van der Waals surface area contributed by atoms with Gasteiger partial charge in [-0.25, -0.2) is 16.8 Å². The van der Waals surface area contributed by atoms with Crippen molar-refractivity contribution in [2.24, 2.45) is 0 Å². The van der Waals surface area contributed by atoms with Gasteiger partial charge in [-0.15, -0.1) is 11.3 Å². The highest BCUT2D eigenvalue weighted by atomic mass is 32.2. The quantitative estimate of drug-likeness (QED) is 0.578. The number of hydrogen-bond acceptors (Lipinski definition) is 6. The van der Waals surface area contributed by atoms with Crippen LogP contribution in [0.15, 0.2) is 63.0 Å². The molecule has 0 saturated carbocycles. The molecule has 164 valence electrons. The van der Waals surface area contributed by atoms with Gasteiger partial charge in [0, 0.05) is 6.54 Å². The lowest BCUT2D eigenvalue weighted by Crippen LogP contribution is -2.35. The monoisotopic (exact) mass is 478 g/mol. The predicted molar refractivity (Wildman–Crippen MR) is 122 cm³/mol. The molecule has 1 aliphatic heterocycles. The van der Waals surface area contributed by atoms with E-state index in [0.29, 0.717) is 18.7 Å². The molecule has 0 atom stereocenters. The molecule has 0 spiro atoms. The van der Waals surface area contributed by atoms with Crippen LogP contribution < -0.4 is 13.8 Å². The zero-order valence-electron chi connectivity index (χ0n) is 17.0. The smallest absolute Gasteiger partial charge is 0.273 e. The largest absolute Gasteiger partial charge is 0.495 e. The van der Waals surface area contributed by atoms with Crippen molar-refractivity contribution < 1.29 is 21.6 Å². The summed E-state index contributed by atoms with van der Waals surface area (Å²) in [5.74, 6) is 0.234. The van der Waals surface area contributed by atoms with Gasteiger partial charge in [0.25, 0.3) is 20.0 Å². The van der Waals surface area contributed by atoms with Crippen LogP contribution in [0.4, 0.5) is 11.4 Å². The van der Waals surface area contributed by atoms with E-state index in [9.17, 15) is 16.8 Å². The Balaban J connectivity index is 1.72. The second kappa shape index (κ2) is 8.18. The van der Waals surface area contributed by atoms with Gasteiger partial charge in [0.1, 0.15) is 14.9 Å². The number of hydrogen-bond donors (Lipinski definition) is 1. The Bertz CT molecular complexity index is 1320. The first kappa shape index (κ1) is 21.7. The third-order valence-electron chi connectivity index (χ3n) is 5.06. The Hall–Kier alpha value is -2.56. The summed E-state index contributed by atoms with van der Waals surface area (Å²) in [4.78, 5) is 0.0239. The average Bonchev–Trinajstić information content (AvgIpc) is 3.29. The van der Waals surface area contributed by atoms with Crippen molar-refractivity contribution >= 4 is 42.8 Å². The first-order valence-corrected chi connectivity index (χ1v) is 13.4. The van der Waals surface area contributed by atoms with Gasteiger partial charge in [-0.05, 0) is 66.6 Å². The lowest BCUT2D eigenvalue weighted by atomic mass is 10.0. The van der Waals surface area contributed by atoms with Gasteiger partial charge in [0.05, 0.1) is 18.5 Å². The Kier molecular flexibility index (Phi) is 5.71. The first-order chi connectivity index (χ1) is 14.7. The highest BCUT2D eigenvalue weighted by Gasteiger charge is 2.30. The lowest BCUT2D eigenvalue weighted by molar-refractivity contribution is 0.402. The van der Waals surface area contributed by atoms with Crippen LogP contribution in [-0.4, -0.2) is 30.5 Å². The molecule has 2 aromatic carbocycles. The minimum atomic E-state index is -3.94. The number of rotatable bonds is 6. The molecule has 2 heterocycles. The van der Waals surface area contributed by atoms with Crippen LogP contribution in [-0.2, 0) is 26.5 Å². The number of sulfonamides is 2. The maximum absolute atomic E-state index is 13.1. The zero-order chi connectivity index (χ0) is 22.2. The van der Waals surface area contributed by atoms with E-state index < -0.39 is 20.0 Å². The predicted octanol–water partition coefficient (Wildman–Crippen LogP) is 4.01. The summed E-state index contributed by atoms with van der Waals surface area (Å²) < 4.78 is 61.8. The molecule has 0 fully saturated rings. The van der Waals surface area contributed by atoms with E-state index in [0.717, 1.165) is 28.9 Å². The van der Waals surface area contributed by atoms with Crippen LogP contribution in [0.1, 0.15) is 17.5 Å². The van der Waals surface area contributed by atoms with Crippen molar-refractivity contribution in [1.29, 1.82) is 0 Å². The Morgan fingerprint density at radius 3 is 2.58 bits per heavy atom. The van der Waals surface area contributed by atoms with E-state index >= 15 is 0 Å². The second-order valence-electron chi connectivity index (χ2n) is 7.22. The number of thiophene rings is 1. The summed E-state index contributed by atoms with van der Waals surface area (Å²) in [5, 5.41) is 1.72. The van der Waals surface area contributed by atoms with Crippen LogP contribution in [0.2, 0.25) is 0 Å². The molecule has 3 aromatic rings. The molecule has 31 heavy (non-hydrogen) atoms. The average molecular weight is 479 g/mol. The number of methoxy groups -OCH3 is 1. The van der Waals surface area contributed by atoms with Crippen molar-refractivity contribution in [2.45, 2.75) is 28.9 Å². The number of anilines is 2. The first-order valence-electron chi connectivity index (χ1n) is 9.59. The van der Waals surface area contributed by atoms with Gasteiger partial charge < -0.3 is 4.74 Å². The molecule has 1 N–H and O–H groups in total. The SMILES string of the molecule is COc1ccc(C)cc1S(=O)(=O)Nc1ccc2c(c1)N(S(=O)(=O)c1cccs1)CCC2. The fraction of sp³-hybridized carbons (Fsp3) is 0.238. The molecule has 1 aliphatic rings. The van der Waals surface area contributed by atoms with Gasteiger partial charge >= 0.3 is 0 Å².